The molecule has 0 unspecified atom stereocenters. The topological polar surface area (TPSA) is 70.8 Å². The van der Waals surface area contributed by atoms with Crippen molar-refractivity contribution in [2.75, 3.05) is 32.7 Å². The maximum Gasteiger partial charge on any atom is 0.341 e. The van der Waals surface area contributed by atoms with Crippen LogP contribution in [-0.4, -0.2) is 32.9 Å². The first kappa shape index (κ1) is 13.3. The zero-order valence-electron chi connectivity index (χ0n) is 10.1. The molecule has 0 aromatic heterocycles. The summed E-state index contributed by atoms with van der Waals surface area (Å²) in [5.41, 5.74) is 6.46. The van der Waals surface area contributed by atoms with Crippen molar-refractivity contribution in [2.45, 2.75) is 6.92 Å². The molecule has 0 aliphatic carbocycles. The van der Waals surface area contributed by atoms with E-state index in [1.54, 1.807) is 32.2 Å². The van der Waals surface area contributed by atoms with Crippen LogP contribution in [-0.2, 0) is 9.47 Å². The summed E-state index contributed by atoms with van der Waals surface area (Å²) in [6, 6.07) is 4.86. The lowest BCUT2D eigenvalue weighted by Gasteiger charge is -2.11. The Bertz CT molecular complexity index is 379. The standard InChI is InChI=1S/C12H17NO4/c1-3-16-12(14)10-8-9(13)4-5-11(10)17-7-6-15-2/h4-5,8H,3,6-7,13H2,1-2H3. The lowest BCUT2D eigenvalue weighted by atomic mass is 10.2. The highest BCUT2D eigenvalue weighted by Crippen LogP contribution is 2.22. The molecular weight excluding hydrogens is 222 g/mol. The highest BCUT2D eigenvalue weighted by Gasteiger charge is 2.14. The summed E-state index contributed by atoms with van der Waals surface area (Å²) >= 11 is 0. The number of hydrogen-bond acceptors (Lipinski definition) is 5. The predicted octanol–water partition coefficient (Wildman–Crippen LogP) is 1.47. The van der Waals surface area contributed by atoms with Gasteiger partial charge in [-0.1, -0.05) is 0 Å². The van der Waals surface area contributed by atoms with Gasteiger partial charge in [-0.05, 0) is 25.1 Å². The molecule has 0 saturated heterocycles. The van der Waals surface area contributed by atoms with Crippen LogP contribution >= 0.6 is 0 Å². The highest BCUT2D eigenvalue weighted by molar-refractivity contribution is 5.93. The van der Waals surface area contributed by atoms with E-state index in [1.807, 2.05) is 0 Å². The van der Waals surface area contributed by atoms with Crippen molar-refractivity contribution in [3.05, 3.63) is 23.8 Å². The molecule has 0 fully saturated rings. The van der Waals surface area contributed by atoms with Gasteiger partial charge in [0.2, 0.25) is 0 Å². The van der Waals surface area contributed by atoms with Crippen molar-refractivity contribution in [1.29, 1.82) is 0 Å². The monoisotopic (exact) mass is 239 g/mol. The normalized spacial score (nSPS) is 10.0. The number of benzene rings is 1. The summed E-state index contributed by atoms with van der Waals surface area (Å²) in [4.78, 5) is 11.7. The first-order chi connectivity index (χ1) is 8.19. The molecule has 94 valence electrons. The lowest BCUT2D eigenvalue weighted by Crippen LogP contribution is -2.11. The molecule has 1 rings (SSSR count). The fraction of sp³-hybridized carbons (Fsp3) is 0.417. The van der Waals surface area contributed by atoms with Crippen molar-refractivity contribution in [3.63, 3.8) is 0 Å². The molecule has 0 aliphatic heterocycles. The van der Waals surface area contributed by atoms with Crippen LogP contribution < -0.4 is 10.5 Å². The molecule has 17 heavy (non-hydrogen) atoms. The van der Waals surface area contributed by atoms with Crippen molar-refractivity contribution in [2.24, 2.45) is 0 Å². The van der Waals surface area contributed by atoms with E-state index in [2.05, 4.69) is 0 Å². The first-order valence-electron chi connectivity index (χ1n) is 5.37. The number of methoxy groups -OCH3 is 1. The van der Waals surface area contributed by atoms with Crippen LogP contribution in [0.15, 0.2) is 18.2 Å². The predicted molar refractivity (Wildman–Crippen MR) is 64.2 cm³/mol. The highest BCUT2D eigenvalue weighted by atomic mass is 16.5. The van der Waals surface area contributed by atoms with Crippen LogP contribution in [0.3, 0.4) is 0 Å². The average molecular weight is 239 g/mol. The maximum atomic E-state index is 11.7. The molecule has 0 saturated carbocycles. The molecule has 1 aromatic rings. The van der Waals surface area contributed by atoms with Crippen LogP contribution in [0.5, 0.6) is 5.75 Å². The Labute approximate surface area is 100 Å². The number of nitrogens with two attached hydrogens (primary N) is 1. The Hall–Kier alpha value is -1.75. The molecule has 0 radical (unpaired) electrons. The van der Waals surface area contributed by atoms with E-state index in [-0.39, 0.29) is 0 Å². The van der Waals surface area contributed by atoms with Gasteiger partial charge in [0, 0.05) is 12.8 Å². The fourth-order valence-electron chi connectivity index (χ4n) is 1.28. The van der Waals surface area contributed by atoms with Crippen LogP contribution in [0.2, 0.25) is 0 Å². The molecule has 2 N–H and O–H groups in total. The molecule has 0 amide bonds. The summed E-state index contributed by atoms with van der Waals surface area (Å²) in [6.45, 7) is 2.88. The largest absolute Gasteiger partial charge is 0.490 e. The second kappa shape index (κ2) is 6.75. The third kappa shape index (κ3) is 3.96. The zero-order valence-corrected chi connectivity index (χ0v) is 10.1. The van der Waals surface area contributed by atoms with Crippen LogP contribution in [0, 0.1) is 0 Å². The van der Waals surface area contributed by atoms with Gasteiger partial charge >= 0.3 is 5.97 Å². The van der Waals surface area contributed by atoms with E-state index < -0.39 is 5.97 Å². The van der Waals surface area contributed by atoms with Gasteiger partial charge in [-0.3, -0.25) is 0 Å². The van der Waals surface area contributed by atoms with Gasteiger partial charge in [-0.15, -0.1) is 0 Å². The van der Waals surface area contributed by atoms with Gasteiger partial charge in [-0.2, -0.15) is 0 Å². The Morgan fingerprint density at radius 2 is 2.12 bits per heavy atom. The molecular formula is C12H17NO4. The summed E-state index contributed by atoms with van der Waals surface area (Å²) in [7, 11) is 1.58. The maximum absolute atomic E-state index is 11.7. The third-order valence-electron chi connectivity index (χ3n) is 2.04. The molecule has 0 atom stereocenters. The molecule has 0 heterocycles. The van der Waals surface area contributed by atoms with E-state index >= 15 is 0 Å². The Morgan fingerprint density at radius 1 is 1.35 bits per heavy atom. The van der Waals surface area contributed by atoms with Gasteiger partial charge in [0.25, 0.3) is 0 Å². The van der Waals surface area contributed by atoms with Crippen molar-refractivity contribution < 1.29 is 19.0 Å². The summed E-state index contributed by atoms with van der Waals surface area (Å²) in [5, 5.41) is 0. The minimum atomic E-state index is -0.438. The van der Waals surface area contributed by atoms with Gasteiger partial charge in [0.05, 0.1) is 13.2 Å². The summed E-state index contributed by atoms with van der Waals surface area (Å²) in [5.74, 6) is 0.0157. The SMILES string of the molecule is CCOC(=O)c1cc(N)ccc1OCCOC. The minimum absolute atomic E-state index is 0.311. The number of nitrogen functional groups attached to an aromatic ring is 1. The van der Waals surface area contributed by atoms with Gasteiger partial charge < -0.3 is 19.9 Å². The number of carbonyl (C=O) groups excluding carboxylic acids is 1. The number of anilines is 1. The number of esters is 1. The quantitative estimate of drug-likeness (QED) is 0.462. The van der Waals surface area contributed by atoms with Crippen molar-refractivity contribution in [3.8, 4) is 5.75 Å². The van der Waals surface area contributed by atoms with Gasteiger partial charge in [0.1, 0.15) is 17.9 Å². The summed E-state index contributed by atoms with van der Waals surface area (Å²) < 4.78 is 15.2. The van der Waals surface area contributed by atoms with Gasteiger partial charge in [-0.25, -0.2) is 4.79 Å². The van der Waals surface area contributed by atoms with E-state index in [4.69, 9.17) is 19.9 Å². The second-order valence-corrected chi connectivity index (χ2v) is 3.32. The first-order valence-corrected chi connectivity index (χ1v) is 5.37. The number of rotatable bonds is 6. The second-order valence-electron chi connectivity index (χ2n) is 3.32. The number of hydrogen-bond donors (Lipinski definition) is 1. The lowest BCUT2D eigenvalue weighted by molar-refractivity contribution is 0.0520. The van der Waals surface area contributed by atoms with Gasteiger partial charge in [0.15, 0.2) is 0 Å². The molecule has 0 aliphatic rings. The van der Waals surface area contributed by atoms with E-state index in [0.717, 1.165) is 0 Å². The molecule has 0 bridgehead atoms. The Balaban J connectivity index is 2.83. The Morgan fingerprint density at radius 3 is 2.76 bits per heavy atom. The molecule has 1 aromatic carbocycles. The fourth-order valence-corrected chi connectivity index (χ4v) is 1.28. The van der Waals surface area contributed by atoms with E-state index in [0.29, 0.717) is 36.8 Å². The molecule has 5 heteroatoms. The van der Waals surface area contributed by atoms with Crippen molar-refractivity contribution >= 4 is 11.7 Å². The van der Waals surface area contributed by atoms with Crippen molar-refractivity contribution in [1.82, 2.24) is 0 Å². The third-order valence-corrected chi connectivity index (χ3v) is 2.04. The van der Waals surface area contributed by atoms with Crippen LogP contribution in [0.1, 0.15) is 17.3 Å². The number of ether oxygens (including phenoxy) is 3. The van der Waals surface area contributed by atoms with Crippen LogP contribution in [0.25, 0.3) is 0 Å². The Kier molecular flexibility index (Phi) is 5.29. The average Bonchev–Trinajstić information content (AvgIpc) is 2.31. The van der Waals surface area contributed by atoms with E-state index in [9.17, 15) is 4.79 Å². The smallest absolute Gasteiger partial charge is 0.341 e. The molecule has 0 spiro atoms. The molecule has 5 nitrogen and oxygen atoms in total. The van der Waals surface area contributed by atoms with E-state index in [1.165, 1.54) is 0 Å². The zero-order chi connectivity index (χ0) is 12.7. The minimum Gasteiger partial charge on any atom is -0.490 e. The summed E-state index contributed by atoms with van der Waals surface area (Å²) in [6.07, 6.45) is 0. The number of carbonyl (C=O) groups is 1. The van der Waals surface area contributed by atoms with Crippen LogP contribution in [0.4, 0.5) is 5.69 Å².